The SMILES string of the molecule is Cc1cc(C)c2ccc(C(=O)N3C[C@H]4CC[C@@H](C3)N(CC3CC3)C4)cc2n1. The molecule has 0 spiro atoms. The van der Waals surface area contributed by atoms with Crippen LogP contribution in [0.5, 0.6) is 0 Å². The van der Waals surface area contributed by atoms with Crippen LogP contribution in [-0.4, -0.2) is 52.9 Å². The molecule has 2 atom stereocenters. The Morgan fingerprint density at radius 1 is 1.07 bits per heavy atom. The molecule has 4 fully saturated rings. The highest BCUT2D eigenvalue weighted by atomic mass is 16.2. The van der Waals surface area contributed by atoms with Crippen molar-refractivity contribution in [2.24, 2.45) is 11.8 Å². The summed E-state index contributed by atoms with van der Waals surface area (Å²) in [5.41, 5.74) is 3.95. The molecular formula is C23H29N3O. The lowest BCUT2D eigenvalue weighted by Crippen LogP contribution is -2.45. The van der Waals surface area contributed by atoms with Crippen molar-refractivity contribution in [2.45, 2.75) is 45.6 Å². The fourth-order valence-electron chi connectivity index (χ4n) is 5.09. The third-order valence-corrected chi connectivity index (χ3v) is 6.70. The topological polar surface area (TPSA) is 36.4 Å². The highest BCUT2D eigenvalue weighted by molar-refractivity contribution is 5.98. The predicted molar refractivity (Wildman–Crippen MR) is 108 cm³/mol. The van der Waals surface area contributed by atoms with Crippen molar-refractivity contribution in [3.63, 3.8) is 0 Å². The number of benzene rings is 1. The van der Waals surface area contributed by atoms with E-state index in [9.17, 15) is 4.79 Å². The summed E-state index contributed by atoms with van der Waals surface area (Å²) in [6, 6.07) is 8.70. The highest BCUT2D eigenvalue weighted by Crippen LogP contribution is 2.35. The van der Waals surface area contributed by atoms with Gasteiger partial charge in [0.05, 0.1) is 5.52 Å². The number of carbonyl (C=O) groups excluding carboxylic acids is 1. The number of aryl methyl sites for hydroxylation is 2. The van der Waals surface area contributed by atoms with Crippen molar-refractivity contribution in [3.05, 3.63) is 41.1 Å². The molecule has 3 aliphatic heterocycles. The second-order valence-corrected chi connectivity index (χ2v) is 9.02. The Morgan fingerprint density at radius 3 is 2.74 bits per heavy atom. The molecule has 4 heteroatoms. The lowest BCUT2D eigenvalue weighted by atomic mass is 9.95. The average molecular weight is 364 g/mol. The lowest BCUT2D eigenvalue weighted by molar-refractivity contribution is 0.0737. The number of pyridine rings is 1. The first-order valence-corrected chi connectivity index (χ1v) is 10.5. The monoisotopic (exact) mass is 363 g/mol. The number of amides is 1. The summed E-state index contributed by atoms with van der Waals surface area (Å²) < 4.78 is 0. The first-order valence-electron chi connectivity index (χ1n) is 10.5. The number of nitrogens with zero attached hydrogens (tertiary/aromatic N) is 3. The Kier molecular flexibility index (Phi) is 4.19. The van der Waals surface area contributed by atoms with Gasteiger partial charge in [-0.3, -0.25) is 14.7 Å². The van der Waals surface area contributed by atoms with E-state index in [0.29, 0.717) is 12.0 Å². The van der Waals surface area contributed by atoms with E-state index in [4.69, 9.17) is 0 Å². The molecule has 1 aromatic heterocycles. The van der Waals surface area contributed by atoms with Gasteiger partial charge in [-0.15, -0.1) is 0 Å². The van der Waals surface area contributed by atoms with E-state index < -0.39 is 0 Å². The van der Waals surface area contributed by atoms with Crippen LogP contribution in [0.2, 0.25) is 0 Å². The predicted octanol–water partition coefficient (Wildman–Crippen LogP) is 3.80. The van der Waals surface area contributed by atoms with Crippen LogP contribution < -0.4 is 0 Å². The quantitative estimate of drug-likeness (QED) is 0.832. The van der Waals surface area contributed by atoms with Crippen molar-refractivity contribution in [1.29, 1.82) is 0 Å². The summed E-state index contributed by atoms with van der Waals surface area (Å²) in [7, 11) is 0. The zero-order chi connectivity index (χ0) is 18.5. The molecular weight excluding hydrogens is 334 g/mol. The van der Waals surface area contributed by atoms with E-state index in [1.54, 1.807) is 0 Å². The molecule has 1 amide bonds. The largest absolute Gasteiger partial charge is 0.337 e. The molecule has 2 aromatic rings. The normalized spacial score (nSPS) is 25.8. The molecule has 2 bridgehead atoms. The molecule has 0 N–H and O–H groups in total. The van der Waals surface area contributed by atoms with Gasteiger partial charge in [0.15, 0.2) is 0 Å². The van der Waals surface area contributed by atoms with Gasteiger partial charge in [-0.1, -0.05) is 6.07 Å². The fraction of sp³-hybridized carbons (Fsp3) is 0.565. The Hall–Kier alpha value is -1.94. The van der Waals surface area contributed by atoms with Crippen LogP contribution in [0.4, 0.5) is 0 Å². The summed E-state index contributed by atoms with van der Waals surface area (Å²) >= 11 is 0. The second kappa shape index (κ2) is 6.59. The van der Waals surface area contributed by atoms with Gasteiger partial charge >= 0.3 is 0 Å². The minimum absolute atomic E-state index is 0.183. The van der Waals surface area contributed by atoms with Gasteiger partial charge < -0.3 is 4.90 Å². The molecule has 142 valence electrons. The number of aromatic nitrogens is 1. The summed E-state index contributed by atoms with van der Waals surface area (Å²) in [4.78, 5) is 22.8. The minimum Gasteiger partial charge on any atom is -0.337 e. The maximum atomic E-state index is 13.3. The molecule has 6 rings (SSSR count). The van der Waals surface area contributed by atoms with Crippen LogP contribution in [0.25, 0.3) is 10.9 Å². The maximum absolute atomic E-state index is 13.3. The van der Waals surface area contributed by atoms with E-state index in [1.807, 2.05) is 19.1 Å². The molecule has 3 saturated heterocycles. The summed E-state index contributed by atoms with van der Waals surface area (Å²) in [6.45, 7) is 8.36. The van der Waals surface area contributed by atoms with Crippen molar-refractivity contribution in [3.8, 4) is 0 Å². The molecule has 1 aromatic carbocycles. The molecule has 1 saturated carbocycles. The zero-order valence-electron chi connectivity index (χ0n) is 16.4. The summed E-state index contributed by atoms with van der Waals surface area (Å²) in [6.07, 6.45) is 5.32. The molecule has 1 aliphatic carbocycles. The van der Waals surface area contributed by atoms with E-state index in [2.05, 4.69) is 33.8 Å². The van der Waals surface area contributed by atoms with E-state index in [0.717, 1.165) is 41.2 Å². The van der Waals surface area contributed by atoms with Crippen LogP contribution in [0.1, 0.15) is 47.3 Å². The minimum atomic E-state index is 0.183. The Bertz CT molecular complexity index is 889. The number of piperidine rings is 1. The van der Waals surface area contributed by atoms with Crippen LogP contribution >= 0.6 is 0 Å². The number of fused-ring (bicyclic) bond motifs is 5. The number of carbonyl (C=O) groups is 1. The second-order valence-electron chi connectivity index (χ2n) is 9.02. The van der Waals surface area contributed by atoms with Gasteiger partial charge in [-0.25, -0.2) is 0 Å². The Balaban J connectivity index is 1.39. The number of hydrogen-bond acceptors (Lipinski definition) is 3. The van der Waals surface area contributed by atoms with Gasteiger partial charge in [-0.05, 0) is 75.1 Å². The van der Waals surface area contributed by atoms with Crippen LogP contribution in [0.15, 0.2) is 24.3 Å². The van der Waals surface area contributed by atoms with Crippen LogP contribution in [0, 0.1) is 25.7 Å². The lowest BCUT2D eigenvalue weighted by Gasteiger charge is -2.36. The van der Waals surface area contributed by atoms with Gasteiger partial charge in [0.1, 0.15) is 0 Å². The first-order chi connectivity index (χ1) is 13.1. The van der Waals surface area contributed by atoms with Gasteiger partial charge in [-0.2, -0.15) is 0 Å². The summed E-state index contributed by atoms with van der Waals surface area (Å²) in [5.74, 6) is 1.74. The Labute approximate surface area is 161 Å². The molecule has 0 unspecified atom stereocenters. The fourth-order valence-corrected chi connectivity index (χ4v) is 5.09. The zero-order valence-corrected chi connectivity index (χ0v) is 16.4. The van der Waals surface area contributed by atoms with E-state index in [1.165, 1.54) is 44.3 Å². The van der Waals surface area contributed by atoms with Crippen LogP contribution in [-0.2, 0) is 0 Å². The third kappa shape index (κ3) is 3.36. The Morgan fingerprint density at radius 2 is 1.93 bits per heavy atom. The molecule has 0 radical (unpaired) electrons. The first kappa shape index (κ1) is 17.2. The van der Waals surface area contributed by atoms with Crippen LogP contribution in [0.3, 0.4) is 0 Å². The van der Waals surface area contributed by atoms with Crippen molar-refractivity contribution >= 4 is 16.8 Å². The smallest absolute Gasteiger partial charge is 0.253 e. The van der Waals surface area contributed by atoms with E-state index >= 15 is 0 Å². The molecule has 4 aliphatic rings. The molecule has 4 heterocycles. The van der Waals surface area contributed by atoms with Gasteiger partial charge in [0.25, 0.3) is 5.91 Å². The number of rotatable bonds is 3. The highest BCUT2D eigenvalue weighted by Gasteiger charge is 2.38. The maximum Gasteiger partial charge on any atom is 0.253 e. The number of hydrogen-bond donors (Lipinski definition) is 0. The molecule has 27 heavy (non-hydrogen) atoms. The standard InChI is InChI=1S/C23H29N3O/c1-15-9-16(2)24-22-10-19(6-8-21(15)22)23(27)26-13-18-5-7-20(14-26)25(12-18)11-17-3-4-17/h6,8-10,17-18,20H,3-5,7,11-14H2,1-2H3/t18-,20-/m0/s1. The van der Waals surface area contributed by atoms with Gasteiger partial charge in [0, 0.05) is 48.9 Å². The van der Waals surface area contributed by atoms with Crippen molar-refractivity contribution < 1.29 is 4.79 Å². The molecule has 4 nitrogen and oxygen atoms in total. The van der Waals surface area contributed by atoms with Crippen molar-refractivity contribution in [2.75, 3.05) is 26.2 Å². The third-order valence-electron chi connectivity index (χ3n) is 6.70. The van der Waals surface area contributed by atoms with Gasteiger partial charge in [0.2, 0.25) is 0 Å². The van der Waals surface area contributed by atoms with E-state index in [-0.39, 0.29) is 5.91 Å². The summed E-state index contributed by atoms with van der Waals surface area (Å²) in [5, 5.41) is 1.14. The van der Waals surface area contributed by atoms with Crippen molar-refractivity contribution in [1.82, 2.24) is 14.8 Å². The average Bonchev–Trinajstić information content (AvgIpc) is 3.48.